The van der Waals surface area contributed by atoms with Crippen LogP contribution < -0.4 is 0 Å². The second kappa shape index (κ2) is 69.6. The Balaban J connectivity index is 4.19. The van der Waals surface area contributed by atoms with E-state index in [4.69, 9.17) is 14.2 Å². The summed E-state index contributed by atoms with van der Waals surface area (Å²) in [6.45, 7) is 6.43. The zero-order valence-electron chi connectivity index (χ0n) is 54.0. The molecule has 0 saturated carbocycles. The van der Waals surface area contributed by atoms with Crippen LogP contribution in [0, 0.1) is 0 Å². The van der Waals surface area contributed by atoms with Gasteiger partial charge in [-0.05, 0) is 103 Å². The van der Waals surface area contributed by atoms with Crippen LogP contribution in [0.3, 0.4) is 0 Å². The molecule has 0 aliphatic rings. The van der Waals surface area contributed by atoms with Crippen LogP contribution in [-0.2, 0) is 28.6 Å². The summed E-state index contributed by atoms with van der Waals surface area (Å²) in [5.41, 5.74) is 0. The smallest absolute Gasteiger partial charge is 0.306 e. The third kappa shape index (κ3) is 66.9. The van der Waals surface area contributed by atoms with Crippen molar-refractivity contribution < 1.29 is 28.6 Å². The lowest BCUT2D eigenvalue weighted by molar-refractivity contribution is -0.167. The minimum Gasteiger partial charge on any atom is -0.462 e. The molecule has 0 spiro atoms. The van der Waals surface area contributed by atoms with Gasteiger partial charge in [0.2, 0.25) is 0 Å². The van der Waals surface area contributed by atoms with Gasteiger partial charge in [-0.3, -0.25) is 14.4 Å². The molecule has 6 nitrogen and oxygen atoms in total. The lowest BCUT2D eigenvalue weighted by Gasteiger charge is -2.18. The van der Waals surface area contributed by atoms with Gasteiger partial charge in [-0.1, -0.05) is 323 Å². The number of hydrogen-bond acceptors (Lipinski definition) is 6. The van der Waals surface area contributed by atoms with Crippen molar-refractivity contribution in [2.24, 2.45) is 0 Å². The third-order valence-corrected chi connectivity index (χ3v) is 15.0. The van der Waals surface area contributed by atoms with Crippen LogP contribution in [0.1, 0.15) is 335 Å². The Morgan fingerprint density at radius 2 is 0.476 bits per heavy atom. The molecular weight excluding hydrogens is 1010 g/mol. The lowest BCUT2D eigenvalue weighted by atomic mass is 10.0. The van der Waals surface area contributed by atoms with Gasteiger partial charge >= 0.3 is 17.9 Å². The summed E-state index contributed by atoms with van der Waals surface area (Å²) < 4.78 is 16.9. The molecule has 0 aliphatic carbocycles. The molecule has 0 heterocycles. The molecule has 6 heteroatoms. The Labute approximate surface area is 508 Å². The average Bonchev–Trinajstić information content (AvgIpc) is 3.47. The minimum absolute atomic E-state index is 0.0797. The maximum Gasteiger partial charge on any atom is 0.306 e. The Morgan fingerprint density at radius 3 is 0.744 bits per heavy atom. The van der Waals surface area contributed by atoms with E-state index in [0.717, 1.165) is 128 Å². The van der Waals surface area contributed by atoms with E-state index in [2.05, 4.69) is 130 Å². The molecule has 0 rings (SSSR count). The number of esters is 3. The van der Waals surface area contributed by atoms with Gasteiger partial charge in [-0.2, -0.15) is 0 Å². The third-order valence-electron chi connectivity index (χ3n) is 15.0. The Morgan fingerprint density at radius 1 is 0.256 bits per heavy atom. The molecule has 82 heavy (non-hydrogen) atoms. The van der Waals surface area contributed by atoms with Gasteiger partial charge in [0.1, 0.15) is 13.2 Å². The van der Waals surface area contributed by atoms with Gasteiger partial charge in [0, 0.05) is 19.3 Å². The standard InChI is InChI=1S/C76H130O6/c1-4-7-10-13-16-19-22-25-27-29-31-32-33-34-35-36-37-38-39-40-41-42-43-44-46-47-49-51-54-57-60-63-66-69-75(78)81-72-73(71-80-74(77)68-65-62-59-56-53-24-21-18-15-12-9-6-3)82-76(79)70-67-64-61-58-55-52-50-48-45-30-28-26-23-20-17-14-11-8-5-2/h7-8,10-11,16-17,19-20,25-28,31-32,34-35,45,48,73H,4-6,9,12-15,18,21-24,29-30,33,36-44,46-47,49-72H2,1-3H3/b10-7-,11-8-,19-16-,20-17-,27-25-,28-26-,32-31-,35-34-,48-45-. The molecule has 1 atom stereocenters. The first-order chi connectivity index (χ1) is 40.5. The van der Waals surface area contributed by atoms with E-state index in [1.54, 1.807) is 0 Å². The predicted octanol–water partition coefficient (Wildman–Crippen LogP) is 24.2. The number of carbonyl (C=O) groups is 3. The average molecular weight is 1140 g/mol. The summed E-state index contributed by atoms with van der Waals surface area (Å²) in [6.07, 6.45) is 95.5. The molecule has 470 valence electrons. The maximum atomic E-state index is 12.9. The largest absolute Gasteiger partial charge is 0.462 e. The number of carbonyl (C=O) groups excluding carboxylic acids is 3. The Kier molecular flexibility index (Phi) is 66.2. The van der Waals surface area contributed by atoms with Crippen molar-refractivity contribution in [2.75, 3.05) is 13.2 Å². The lowest BCUT2D eigenvalue weighted by Crippen LogP contribution is -2.30. The van der Waals surface area contributed by atoms with E-state index in [1.165, 1.54) is 167 Å². The first-order valence-corrected chi connectivity index (χ1v) is 34.9. The van der Waals surface area contributed by atoms with Crippen molar-refractivity contribution in [1.82, 2.24) is 0 Å². The predicted molar refractivity (Wildman–Crippen MR) is 357 cm³/mol. The molecular formula is C76H130O6. The normalized spacial score (nSPS) is 12.8. The zero-order chi connectivity index (χ0) is 59.2. The van der Waals surface area contributed by atoms with Crippen molar-refractivity contribution >= 4 is 17.9 Å². The number of hydrogen-bond donors (Lipinski definition) is 0. The van der Waals surface area contributed by atoms with E-state index in [-0.39, 0.29) is 31.1 Å². The SMILES string of the molecule is CC/C=C\C/C=C\C/C=C\C/C=C\C/C=C\CCCCCCCCCCCCCCCCCCCC(=O)OCC(COC(=O)CCCCCCCCCCCCCC)OC(=O)CCCCCCCC/C=C\C/C=C\C/C=C\C/C=C\CC. The molecule has 0 radical (unpaired) electrons. The van der Waals surface area contributed by atoms with Crippen molar-refractivity contribution in [3.8, 4) is 0 Å². The van der Waals surface area contributed by atoms with Crippen molar-refractivity contribution in [3.05, 3.63) is 109 Å². The molecule has 0 saturated heterocycles. The van der Waals surface area contributed by atoms with E-state index >= 15 is 0 Å². The van der Waals surface area contributed by atoms with E-state index in [0.29, 0.717) is 19.3 Å². The quantitative estimate of drug-likeness (QED) is 0.0261. The van der Waals surface area contributed by atoms with Crippen LogP contribution in [0.2, 0.25) is 0 Å². The summed E-state index contributed by atoms with van der Waals surface area (Å²) in [7, 11) is 0. The zero-order valence-corrected chi connectivity index (χ0v) is 54.0. The molecule has 0 aromatic heterocycles. The van der Waals surface area contributed by atoms with Crippen molar-refractivity contribution in [3.63, 3.8) is 0 Å². The summed E-state index contributed by atoms with van der Waals surface area (Å²) >= 11 is 0. The summed E-state index contributed by atoms with van der Waals surface area (Å²) in [5, 5.41) is 0. The molecule has 0 aliphatic heterocycles. The summed E-state index contributed by atoms with van der Waals surface area (Å²) in [6, 6.07) is 0. The highest BCUT2D eigenvalue weighted by Gasteiger charge is 2.19. The molecule has 0 aromatic rings. The highest BCUT2D eigenvalue weighted by molar-refractivity contribution is 5.71. The van der Waals surface area contributed by atoms with Crippen LogP contribution in [0.25, 0.3) is 0 Å². The van der Waals surface area contributed by atoms with Gasteiger partial charge in [0.25, 0.3) is 0 Å². The fraction of sp³-hybridized carbons (Fsp3) is 0.724. The molecule has 0 amide bonds. The first-order valence-electron chi connectivity index (χ1n) is 34.9. The number of rotatable bonds is 63. The van der Waals surface area contributed by atoms with Crippen LogP contribution in [0.15, 0.2) is 109 Å². The molecule has 0 bridgehead atoms. The van der Waals surface area contributed by atoms with Crippen LogP contribution >= 0.6 is 0 Å². The van der Waals surface area contributed by atoms with Crippen LogP contribution in [0.4, 0.5) is 0 Å². The van der Waals surface area contributed by atoms with Crippen molar-refractivity contribution in [1.29, 1.82) is 0 Å². The monoisotopic (exact) mass is 1140 g/mol. The highest BCUT2D eigenvalue weighted by Crippen LogP contribution is 2.17. The summed E-state index contributed by atoms with van der Waals surface area (Å²) in [4.78, 5) is 38.4. The Bertz CT molecular complexity index is 1640. The molecule has 1 unspecified atom stereocenters. The van der Waals surface area contributed by atoms with Gasteiger partial charge in [-0.15, -0.1) is 0 Å². The summed E-state index contributed by atoms with van der Waals surface area (Å²) in [5.74, 6) is -0.879. The maximum absolute atomic E-state index is 12.9. The van der Waals surface area contributed by atoms with Crippen molar-refractivity contribution in [2.45, 2.75) is 341 Å². The molecule has 0 aromatic carbocycles. The van der Waals surface area contributed by atoms with Gasteiger partial charge in [0.05, 0.1) is 0 Å². The first kappa shape index (κ1) is 78.1. The Hall–Kier alpha value is -3.93. The highest BCUT2D eigenvalue weighted by atomic mass is 16.6. The minimum atomic E-state index is -0.785. The number of ether oxygens (including phenoxy) is 3. The second-order valence-corrected chi connectivity index (χ2v) is 23.0. The van der Waals surface area contributed by atoms with Gasteiger partial charge in [-0.25, -0.2) is 0 Å². The van der Waals surface area contributed by atoms with E-state index < -0.39 is 6.10 Å². The topological polar surface area (TPSA) is 78.9 Å². The van der Waals surface area contributed by atoms with Gasteiger partial charge in [0.15, 0.2) is 6.10 Å². The van der Waals surface area contributed by atoms with E-state index in [1.807, 2.05) is 0 Å². The van der Waals surface area contributed by atoms with E-state index in [9.17, 15) is 14.4 Å². The number of unbranched alkanes of at least 4 members (excludes halogenated alkanes) is 34. The fourth-order valence-corrected chi connectivity index (χ4v) is 9.88. The fourth-order valence-electron chi connectivity index (χ4n) is 9.88. The van der Waals surface area contributed by atoms with Gasteiger partial charge < -0.3 is 14.2 Å². The van der Waals surface area contributed by atoms with Crippen LogP contribution in [-0.4, -0.2) is 37.2 Å². The second-order valence-electron chi connectivity index (χ2n) is 23.0. The molecule has 0 N–H and O–H groups in total. The molecule has 0 fully saturated rings. The van der Waals surface area contributed by atoms with Crippen LogP contribution in [0.5, 0.6) is 0 Å². The number of allylic oxidation sites excluding steroid dienone is 18.